The van der Waals surface area contributed by atoms with Gasteiger partial charge in [0.15, 0.2) is 0 Å². The third kappa shape index (κ3) is 5.14. The van der Waals surface area contributed by atoms with Gasteiger partial charge in [-0.2, -0.15) is 4.39 Å². The van der Waals surface area contributed by atoms with Crippen molar-refractivity contribution in [2.45, 2.75) is 19.4 Å². The van der Waals surface area contributed by atoms with Gasteiger partial charge in [-0.25, -0.2) is 4.98 Å². The van der Waals surface area contributed by atoms with Gasteiger partial charge in [-0.15, -0.1) is 0 Å². The largest absolute Gasteiger partial charge is 0.385 e. The molecule has 1 N–H and O–H groups in total. The molecule has 2 heterocycles. The van der Waals surface area contributed by atoms with Crippen LogP contribution >= 0.6 is 0 Å². The Bertz CT molecular complexity index is 507. The molecule has 128 valence electrons. The van der Waals surface area contributed by atoms with Crippen LogP contribution in [0.3, 0.4) is 0 Å². The van der Waals surface area contributed by atoms with Crippen molar-refractivity contribution >= 4 is 11.7 Å². The van der Waals surface area contributed by atoms with Crippen molar-refractivity contribution in [3.8, 4) is 0 Å². The van der Waals surface area contributed by atoms with Gasteiger partial charge in [0.2, 0.25) is 11.9 Å². The number of hydrogen-bond acceptors (Lipinski definition) is 5. The number of nitrogens with zero attached hydrogens (tertiary/aromatic N) is 3. The molecular weight excluding hydrogens is 299 g/mol. The highest BCUT2D eigenvalue weighted by atomic mass is 19.1. The molecule has 1 atom stereocenters. The average Bonchev–Trinajstić information content (AvgIpc) is 2.58. The van der Waals surface area contributed by atoms with E-state index < -0.39 is 5.95 Å². The maximum absolute atomic E-state index is 13.2. The molecule has 0 spiro atoms. The van der Waals surface area contributed by atoms with Crippen molar-refractivity contribution in [2.75, 3.05) is 51.3 Å². The molecule has 1 aromatic heterocycles. The molecule has 23 heavy (non-hydrogen) atoms. The summed E-state index contributed by atoms with van der Waals surface area (Å²) in [5, 5.41) is 2.93. The number of methoxy groups -OCH3 is 1. The molecule has 1 aromatic rings. The third-order valence-corrected chi connectivity index (χ3v) is 4.09. The summed E-state index contributed by atoms with van der Waals surface area (Å²) in [4.78, 5) is 20.2. The number of piperazine rings is 1. The number of ether oxygens (including phenoxy) is 1. The van der Waals surface area contributed by atoms with Gasteiger partial charge in [0.05, 0.1) is 6.04 Å². The lowest BCUT2D eigenvalue weighted by atomic mass is 10.2. The molecule has 0 aromatic carbocycles. The van der Waals surface area contributed by atoms with E-state index in [0.717, 1.165) is 32.6 Å². The molecule has 0 bridgehead atoms. The van der Waals surface area contributed by atoms with Gasteiger partial charge >= 0.3 is 0 Å². The lowest BCUT2D eigenvalue weighted by Gasteiger charge is -2.37. The molecule has 1 amide bonds. The molecule has 0 unspecified atom stereocenters. The monoisotopic (exact) mass is 324 g/mol. The maximum atomic E-state index is 13.2. The van der Waals surface area contributed by atoms with Gasteiger partial charge in [-0.1, -0.05) is 6.07 Å². The maximum Gasteiger partial charge on any atom is 0.237 e. The van der Waals surface area contributed by atoms with E-state index in [0.29, 0.717) is 19.0 Å². The molecular formula is C16H25FN4O2. The van der Waals surface area contributed by atoms with E-state index in [2.05, 4.69) is 15.2 Å². The highest BCUT2D eigenvalue weighted by molar-refractivity contribution is 5.81. The second-order valence-corrected chi connectivity index (χ2v) is 5.65. The average molecular weight is 324 g/mol. The van der Waals surface area contributed by atoms with Crippen LogP contribution in [0.1, 0.15) is 13.3 Å². The lowest BCUT2D eigenvalue weighted by Crippen LogP contribution is -2.54. The fourth-order valence-corrected chi connectivity index (χ4v) is 2.65. The number of carbonyl (C=O) groups excluding carboxylic acids is 1. The van der Waals surface area contributed by atoms with Gasteiger partial charge in [0, 0.05) is 46.4 Å². The number of anilines is 1. The number of rotatable bonds is 7. The highest BCUT2D eigenvalue weighted by Gasteiger charge is 2.25. The Morgan fingerprint density at radius 3 is 2.78 bits per heavy atom. The number of pyridine rings is 1. The van der Waals surface area contributed by atoms with Crippen molar-refractivity contribution in [1.29, 1.82) is 0 Å². The third-order valence-electron chi connectivity index (χ3n) is 4.09. The topological polar surface area (TPSA) is 57.7 Å². The van der Waals surface area contributed by atoms with Crippen LogP contribution in [0.5, 0.6) is 0 Å². The first kappa shape index (κ1) is 17.6. The van der Waals surface area contributed by atoms with Gasteiger partial charge in [0.1, 0.15) is 5.82 Å². The summed E-state index contributed by atoms with van der Waals surface area (Å²) < 4.78 is 18.2. The molecule has 1 aliphatic rings. The summed E-state index contributed by atoms with van der Waals surface area (Å²) in [6.45, 7) is 6.17. The van der Waals surface area contributed by atoms with Crippen LogP contribution in [0.25, 0.3) is 0 Å². The fourth-order valence-electron chi connectivity index (χ4n) is 2.65. The van der Waals surface area contributed by atoms with Crippen molar-refractivity contribution in [3.05, 3.63) is 24.1 Å². The Labute approximate surface area is 136 Å². The number of hydrogen-bond donors (Lipinski definition) is 1. The van der Waals surface area contributed by atoms with Gasteiger partial charge in [-0.05, 0) is 25.5 Å². The molecule has 0 aliphatic carbocycles. The van der Waals surface area contributed by atoms with E-state index >= 15 is 0 Å². The van der Waals surface area contributed by atoms with E-state index in [9.17, 15) is 9.18 Å². The molecule has 0 radical (unpaired) electrons. The van der Waals surface area contributed by atoms with Crippen molar-refractivity contribution in [1.82, 2.24) is 15.2 Å². The smallest absolute Gasteiger partial charge is 0.237 e. The zero-order chi connectivity index (χ0) is 16.7. The Hall–Kier alpha value is -1.73. The van der Waals surface area contributed by atoms with Crippen LogP contribution in [0.4, 0.5) is 10.2 Å². The van der Waals surface area contributed by atoms with Gasteiger partial charge in [-0.3, -0.25) is 9.69 Å². The predicted molar refractivity (Wildman–Crippen MR) is 86.9 cm³/mol. The number of aromatic nitrogens is 1. The summed E-state index contributed by atoms with van der Waals surface area (Å²) in [5.41, 5.74) is 0. The molecule has 7 heteroatoms. The first-order chi connectivity index (χ1) is 11.1. The summed E-state index contributed by atoms with van der Waals surface area (Å²) in [7, 11) is 1.65. The van der Waals surface area contributed by atoms with E-state index in [1.807, 2.05) is 17.9 Å². The van der Waals surface area contributed by atoms with Crippen LogP contribution in [0, 0.1) is 5.95 Å². The van der Waals surface area contributed by atoms with Crippen LogP contribution in [0.2, 0.25) is 0 Å². The molecule has 1 saturated heterocycles. The lowest BCUT2D eigenvalue weighted by molar-refractivity contribution is -0.126. The number of amides is 1. The van der Waals surface area contributed by atoms with Crippen LogP contribution in [-0.4, -0.2) is 68.3 Å². The highest BCUT2D eigenvalue weighted by Crippen LogP contribution is 2.15. The molecule has 2 rings (SSSR count). The van der Waals surface area contributed by atoms with E-state index in [-0.39, 0.29) is 11.9 Å². The molecule has 6 nitrogen and oxygen atoms in total. The summed E-state index contributed by atoms with van der Waals surface area (Å²) in [6, 6.07) is 4.65. The van der Waals surface area contributed by atoms with Crippen molar-refractivity contribution < 1.29 is 13.9 Å². The first-order valence-corrected chi connectivity index (χ1v) is 8.00. The minimum absolute atomic E-state index is 0.0402. The van der Waals surface area contributed by atoms with Crippen molar-refractivity contribution in [2.24, 2.45) is 0 Å². The number of halogens is 1. The molecule has 1 aliphatic heterocycles. The van der Waals surface area contributed by atoms with Gasteiger partial charge < -0.3 is 15.0 Å². The first-order valence-electron chi connectivity index (χ1n) is 8.00. The summed E-state index contributed by atoms with van der Waals surface area (Å²) in [6.07, 6.45) is 0.813. The minimum atomic E-state index is -0.464. The zero-order valence-corrected chi connectivity index (χ0v) is 13.8. The fraction of sp³-hybridized carbons (Fsp3) is 0.625. The van der Waals surface area contributed by atoms with Crippen LogP contribution < -0.4 is 10.2 Å². The Kier molecular flexibility index (Phi) is 6.73. The summed E-state index contributed by atoms with van der Waals surface area (Å²) >= 11 is 0. The quantitative estimate of drug-likeness (QED) is 0.596. The Morgan fingerprint density at radius 2 is 2.13 bits per heavy atom. The SMILES string of the molecule is COCCCNC(=O)[C@@H](C)N1CCN(c2cccc(F)n2)CC1. The van der Waals surface area contributed by atoms with Crippen LogP contribution in [-0.2, 0) is 9.53 Å². The second-order valence-electron chi connectivity index (χ2n) is 5.65. The van der Waals surface area contributed by atoms with E-state index in [1.54, 1.807) is 13.2 Å². The molecule has 1 fully saturated rings. The number of carbonyl (C=O) groups is 1. The number of nitrogens with one attached hydrogen (secondary N) is 1. The van der Waals surface area contributed by atoms with Crippen molar-refractivity contribution in [3.63, 3.8) is 0 Å². The zero-order valence-electron chi connectivity index (χ0n) is 13.8. The van der Waals surface area contributed by atoms with Crippen LogP contribution in [0.15, 0.2) is 18.2 Å². The van der Waals surface area contributed by atoms with E-state index in [4.69, 9.17) is 4.74 Å². The molecule has 0 saturated carbocycles. The summed E-state index contributed by atoms with van der Waals surface area (Å²) in [5.74, 6) is 0.230. The predicted octanol–water partition coefficient (Wildman–Crippen LogP) is 0.884. The van der Waals surface area contributed by atoms with E-state index in [1.165, 1.54) is 6.07 Å². The Balaban J connectivity index is 1.78. The van der Waals surface area contributed by atoms with Gasteiger partial charge in [0.25, 0.3) is 0 Å². The minimum Gasteiger partial charge on any atom is -0.385 e. The normalized spacial score (nSPS) is 17.1. The Morgan fingerprint density at radius 1 is 1.39 bits per heavy atom. The standard InChI is InChI=1S/C16H25FN4O2/c1-13(16(22)18-7-4-12-23-2)20-8-10-21(11-9-20)15-6-3-5-14(17)19-15/h3,5-6,13H,4,7-12H2,1-2H3,(H,18,22)/t13-/m1/s1. The second kappa shape index (κ2) is 8.79.